The Morgan fingerprint density at radius 2 is 1.81 bits per heavy atom. The molecule has 0 aromatic rings. The van der Waals surface area contributed by atoms with Crippen molar-refractivity contribution in [3.63, 3.8) is 0 Å². The molecule has 0 aliphatic carbocycles. The molecule has 0 atom stereocenters. The Balaban J connectivity index is 4.04. The Morgan fingerprint density at radius 1 is 1.25 bits per heavy atom. The summed E-state index contributed by atoms with van der Waals surface area (Å²) in [5, 5.41) is 4.75. The highest BCUT2D eigenvalue weighted by Crippen LogP contribution is 2.16. The van der Waals surface area contributed by atoms with Crippen molar-refractivity contribution in [1.82, 2.24) is 4.90 Å². The number of nitrogens with zero attached hydrogens (tertiary/aromatic N) is 1. The van der Waals surface area contributed by atoms with Crippen LogP contribution in [0.15, 0.2) is 0 Å². The second-order valence-corrected chi connectivity index (χ2v) is 5.35. The van der Waals surface area contributed by atoms with Crippen LogP contribution in [-0.4, -0.2) is 44.9 Å². The van der Waals surface area contributed by atoms with Gasteiger partial charge in [-0.1, -0.05) is 6.92 Å². The van der Waals surface area contributed by atoms with E-state index >= 15 is 0 Å². The number of rotatable bonds is 7. The summed E-state index contributed by atoms with van der Waals surface area (Å²) >= 11 is 0. The molecule has 0 heterocycles. The molecule has 0 amide bonds. The van der Waals surface area contributed by atoms with Gasteiger partial charge < -0.3 is 0 Å². The third-order valence-electron chi connectivity index (χ3n) is 1.85. The first-order valence-electron chi connectivity index (χ1n) is 4.93. The van der Waals surface area contributed by atoms with Gasteiger partial charge in [0.25, 0.3) is 0 Å². The quantitative estimate of drug-likeness (QED) is 0.742. The van der Waals surface area contributed by atoms with Gasteiger partial charge in [0.1, 0.15) is 0 Å². The van der Waals surface area contributed by atoms with Gasteiger partial charge in [0.15, 0.2) is 0 Å². The van der Waals surface area contributed by atoms with Crippen molar-refractivity contribution in [2.24, 2.45) is 5.14 Å². The Hall–Kier alpha value is -0.340. The smallest absolute Gasteiger partial charge is 0.295 e. The monoisotopic (exact) mass is 262 g/mol. The third kappa shape index (κ3) is 10.2. The van der Waals surface area contributed by atoms with Crippen LogP contribution in [0.25, 0.3) is 0 Å². The van der Waals surface area contributed by atoms with Crippen LogP contribution < -0.4 is 5.14 Å². The first-order chi connectivity index (χ1) is 7.14. The second kappa shape index (κ2) is 6.41. The van der Waals surface area contributed by atoms with Crippen molar-refractivity contribution in [3.05, 3.63) is 0 Å². The maximum Gasteiger partial charge on any atom is 0.401 e. The zero-order chi connectivity index (χ0) is 12.8. The summed E-state index contributed by atoms with van der Waals surface area (Å²) in [7, 11) is -3.59. The van der Waals surface area contributed by atoms with Gasteiger partial charge >= 0.3 is 6.18 Å². The number of hydrogen-bond acceptors (Lipinski definition) is 3. The minimum Gasteiger partial charge on any atom is -0.295 e. The van der Waals surface area contributed by atoms with Crippen LogP contribution in [0.2, 0.25) is 0 Å². The Kier molecular flexibility index (Phi) is 6.27. The molecule has 0 unspecified atom stereocenters. The van der Waals surface area contributed by atoms with Gasteiger partial charge in [-0.3, -0.25) is 4.90 Å². The molecular formula is C8H17F3N2O2S. The summed E-state index contributed by atoms with van der Waals surface area (Å²) in [5.74, 6) is -0.287. The average molecular weight is 262 g/mol. The molecule has 0 rings (SSSR count). The van der Waals surface area contributed by atoms with Gasteiger partial charge in [0.2, 0.25) is 10.0 Å². The molecule has 0 bridgehead atoms. The summed E-state index contributed by atoms with van der Waals surface area (Å²) in [5.41, 5.74) is 0. The molecule has 0 radical (unpaired) electrons. The van der Waals surface area contributed by atoms with Crippen molar-refractivity contribution in [1.29, 1.82) is 0 Å². The lowest BCUT2D eigenvalue weighted by Gasteiger charge is -2.22. The number of halogens is 3. The Labute approximate surface area is 93.7 Å². The molecule has 0 saturated heterocycles. The summed E-state index contributed by atoms with van der Waals surface area (Å²) in [6, 6.07) is 0. The van der Waals surface area contributed by atoms with E-state index < -0.39 is 22.7 Å². The first-order valence-corrected chi connectivity index (χ1v) is 6.65. The van der Waals surface area contributed by atoms with Crippen molar-refractivity contribution < 1.29 is 21.6 Å². The van der Waals surface area contributed by atoms with Crippen LogP contribution in [0.4, 0.5) is 13.2 Å². The maximum atomic E-state index is 12.1. The van der Waals surface area contributed by atoms with Crippen LogP contribution in [0.1, 0.15) is 19.8 Å². The van der Waals surface area contributed by atoms with E-state index in [-0.39, 0.29) is 18.7 Å². The lowest BCUT2D eigenvalue weighted by Crippen LogP contribution is -2.36. The fraction of sp³-hybridized carbons (Fsp3) is 1.00. The van der Waals surface area contributed by atoms with Crippen LogP contribution in [0.5, 0.6) is 0 Å². The van der Waals surface area contributed by atoms with Crippen LogP contribution in [0.3, 0.4) is 0 Å². The SMILES string of the molecule is CCCN(CCCS(N)(=O)=O)CC(F)(F)F. The third-order valence-corrected chi connectivity index (χ3v) is 2.70. The molecule has 0 aromatic carbocycles. The topological polar surface area (TPSA) is 63.4 Å². The van der Waals surface area contributed by atoms with Crippen LogP contribution in [0, 0.1) is 0 Å². The van der Waals surface area contributed by atoms with E-state index in [9.17, 15) is 21.6 Å². The molecule has 2 N–H and O–H groups in total. The molecule has 0 saturated carbocycles. The van der Waals surface area contributed by atoms with Crippen molar-refractivity contribution in [2.75, 3.05) is 25.4 Å². The summed E-state index contributed by atoms with van der Waals surface area (Å²) in [6.07, 6.45) is -3.54. The molecule has 0 aliphatic heterocycles. The minimum absolute atomic E-state index is 0.0871. The standard InChI is InChI=1S/C8H17F3N2O2S/c1-2-4-13(7-8(9,10)11)5-3-6-16(12,14)15/h2-7H2,1H3,(H2,12,14,15). The highest BCUT2D eigenvalue weighted by atomic mass is 32.2. The lowest BCUT2D eigenvalue weighted by atomic mass is 10.3. The predicted octanol–water partition coefficient (Wildman–Crippen LogP) is 0.939. The van der Waals surface area contributed by atoms with Gasteiger partial charge in [-0.2, -0.15) is 13.2 Å². The van der Waals surface area contributed by atoms with E-state index in [0.717, 1.165) is 0 Å². The highest BCUT2D eigenvalue weighted by molar-refractivity contribution is 7.89. The van der Waals surface area contributed by atoms with Crippen molar-refractivity contribution in [3.8, 4) is 0 Å². The number of primary sulfonamides is 1. The zero-order valence-corrected chi connectivity index (χ0v) is 9.94. The van der Waals surface area contributed by atoms with Gasteiger partial charge in [-0.05, 0) is 25.9 Å². The Bertz CT molecular complexity index is 290. The van der Waals surface area contributed by atoms with E-state index in [1.807, 2.05) is 0 Å². The second-order valence-electron chi connectivity index (χ2n) is 3.61. The molecule has 98 valence electrons. The fourth-order valence-corrected chi connectivity index (χ4v) is 1.86. The molecule has 16 heavy (non-hydrogen) atoms. The molecule has 8 heteroatoms. The van der Waals surface area contributed by atoms with Gasteiger partial charge in [0, 0.05) is 0 Å². The minimum atomic E-state index is -4.25. The number of alkyl halides is 3. The Morgan fingerprint density at radius 3 is 2.19 bits per heavy atom. The fourth-order valence-electron chi connectivity index (χ4n) is 1.33. The first kappa shape index (κ1) is 15.7. The number of hydrogen-bond donors (Lipinski definition) is 1. The average Bonchev–Trinajstić information content (AvgIpc) is 1.98. The van der Waals surface area contributed by atoms with E-state index in [2.05, 4.69) is 0 Å². The molecule has 0 spiro atoms. The molecule has 0 aliphatic rings. The number of nitrogens with two attached hydrogens (primary N) is 1. The summed E-state index contributed by atoms with van der Waals surface area (Å²) in [4.78, 5) is 1.19. The predicted molar refractivity (Wildman–Crippen MR) is 55.4 cm³/mol. The van der Waals surface area contributed by atoms with Gasteiger partial charge in [-0.25, -0.2) is 13.6 Å². The van der Waals surface area contributed by atoms with Crippen LogP contribution >= 0.6 is 0 Å². The van der Waals surface area contributed by atoms with E-state index in [0.29, 0.717) is 13.0 Å². The summed E-state index contributed by atoms with van der Waals surface area (Å²) in [6.45, 7) is 1.14. The molecule has 0 aromatic heterocycles. The number of sulfonamides is 1. The van der Waals surface area contributed by atoms with Crippen LogP contribution in [-0.2, 0) is 10.0 Å². The van der Waals surface area contributed by atoms with Gasteiger partial charge in [-0.15, -0.1) is 0 Å². The lowest BCUT2D eigenvalue weighted by molar-refractivity contribution is -0.145. The summed E-state index contributed by atoms with van der Waals surface area (Å²) < 4.78 is 57.5. The molecule has 4 nitrogen and oxygen atoms in total. The van der Waals surface area contributed by atoms with Gasteiger partial charge in [0.05, 0.1) is 12.3 Å². The highest BCUT2D eigenvalue weighted by Gasteiger charge is 2.30. The zero-order valence-electron chi connectivity index (χ0n) is 9.13. The molecule has 0 fully saturated rings. The van der Waals surface area contributed by atoms with Crippen molar-refractivity contribution in [2.45, 2.75) is 25.9 Å². The largest absolute Gasteiger partial charge is 0.401 e. The van der Waals surface area contributed by atoms with Crippen molar-refractivity contribution >= 4 is 10.0 Å². The van der Waals surface area contributed by atoms with E-state index in [1.54, 1.807) is 6.92 Å². The molecular weight excluding hydrogens is 245 g/mol. The van der Waals surface area contributed by atoms with E-state index in [4.69, 9.17) is 5.14 Å². The normalized spacial score (nSPS) is 13.4. The van der Waals surface area contributed by atoms with E-state index in [1.165, 1.54) is 4.90 Å². The maximum absolute atomic E-state index is 12.1.